The number of fused-ring (bicyclic) bond motifs is 6. The van der Waals surface area contributed by atoms with Crippen LogP contribution in [-0.4, -0.2) is 9.13 Å². The summed E-state index contributed by atoms with van der Waals surface area (Å²) < 4.78 is 4.82. The molecule has 0 saturated carbocycles. The predicted molar refractivity (Wildman–Crippen MR) is 246 cm³/mol. The lowest BCUT2D eigenvalue weighted by Gasteiger charge is -2.28. The predicted octanol–water partition coefficient (Wildman–Crippen LogP) is 15.0. The highest BCUT2D eigenvalue weighted by Crippen LogP contribution is 2.43. The molecule has 0 atom stereocenters. The van der Waals surface area contributed by atoms with Crippen molar-refractivity contribution in [1.29, 1.82) is 0 Å². The van der Waals surface area contributed by atoms with Gasteiger partial charge < -0.3 is 18.9 Å². The molecular formula is C54H40N4. The molecule has 0 fully saturated rings. The van der Waals surface area contributed by atoms with Gasteiger partial charge >= 0.3 is 0 Å². The van der Waals surface area contributed by atoms with Crippen molar-refractivity contribution in [3.63, 3.8) is 0 Å². The van der Waals surface area contributed by atoms with Crippen molar-refractivity contribution in [3.05, 3.63) is 218 Å². The van der Waals surface area contributed by atoms with E-state index in [0.717, 1.165) is 52.7 Å². The fourth-order valence-corrected chi connectivity index (χ4v) is 8.94. The summed E-state index contributed by atoms with van der Waals surface area (Å²) in [6.07, 6.45) is 8.79. The van der Waals surface area contributed by atoms with Crippen molar-refractivity contribution in [1.82, 2.24) is 9.13 Å². The maximum atomic E-state index is 2.45. The van der Waals surface area contributed by atoms with Crippen LogP contribution in [0.25, 0.3) is 55.0 Å². The van der Waals surface area contributed by atoms with E-state index in [0.29, 0.717) is 0 Å². The second-order valence-electron chi connectivity index (χ2n) is 14.9. The molecule has 1 aliphatic rings. The van der Waals surface area contributed by atoms with E-state index in [9.17, 15) is 0 Å². The molecule has 0 bridgehead atoms. The highest BCUT2D eigenvalue weighted by atomic mass is 15.2. The largest absolute Gasteiger partial charge is 0.313 e. The molecule has 2 heterocycles. The lowest BCUT2D eigenvalue weighted by Crippen LogP contribution is -2.12. The van der Waals surface area contributed by atoms with Crippen molar-refractivity contribution >= 4 is 83.4 Å². The fraction of sp³-hybridized carbons (Fsp3) is 0.0370. The lowest BCUT2D eigenvalue weighted by atomic mass is 10.1. The second kappa shape index (κ2) is 14.2. The minimum atomic E-state index is 1.03. The summed E-state index contributed by atoms with van der Waals surface area (Å²) >= 11 is 0. The van der Waals surface area contributed by atoms with E-state index in [-0.39, 0.29) is 0 Å². The third-order valence-corrected chi connectivity index (χ3v) is 11.5. The fourth-order valence-electron chi connectivity index (χ4n) is 8.94. The van der Waals surface area contributed by atoms with Crippen LogP contribution in [0.15, 0.2) is 218 Å². The lowest BCUT2D eigenvalue weighted by molar-refractivity contribution is 0.979. The summed E-state index contributed by atoms with van der Waals surface area (Å²) in [5.41, 5.74) is 14.0. The highest BCUT2D eigenvalue weighted by Gasteiger charge is 2.21. The molecule has 10 aromatic rings. The zero-order chi connectivity index (χ0) is 38.4. The molecule has 0 saturated heterocycles. The van der Waals surface area contributed by atoms with E-state index in [2.05, 4.69) is 237 Å². The van der Waals surface area contributed by atoms with Gasteiger partial charge in [-0.1, -0.05) is 103 Å². The molecule has 276 valence electrons. The van der Waals surface area contributed by atoms with Crippen molar-refractivity contribution in [2.75, 3.05) is 9.80 Å². The standard InChI is InChI=1S/C54H40N4/c1-5-17-39(18-6-1)55(45-33-35-53-49(37-45)47-25-13-15-27-51(47)57(53)41-21-9-3-10-22-41)43-29-31-44(32-30-43)56(40-19-7-2-8-20-40)46-34-36-54-50(38-46)48-26-14-16-28-52(48)58(54)42-23-11-4-12-24-42/h1-11,13-23,25-38H,12,24H2. The summed E-state index contributed by atoms with van der Waals surface area (Å²) in [5, 5.41) is 4.97. The van der Waals surface area contributed by atoms with E-state index >= 15 is 0 Å². The molecule has 2 aromatic heterocycles. The first-order valence-corrected chi connectivity index (χ1v) is 20.1. The molecule has 0 radical (unpaired) electrons. The minimum Gasteiger partial charge on any atom is -0.313 e. The van der Waals surface area contributed by atoms with Crippen molar-refractivity contribution < 1.29 is 0 Å². The van der Waals surface area contributed by atoms with Gasteiger partial charge in [0, 0.05) is 67.1 Å². The average Bonchev–Trinajstić information content (AvgIpc) is 3.81. The van der Waals surface area contributed by atoms with E-state index < -0.39 is 0 Å². The van der Waals surface area contributed by atoms with Gasteiger partial charge in [0.1, 0.15) is 0 Å². The van der Waals surface area contributed by atoms with Crippen LogP contribution >= 0.6 is 0 Å². The van der Waals surface area contributed by atoms with Crippen LogP contribution in [0.1, 0.15) is 12.8 Å². The minimum absolute atomic E-state index is 1.03. The zero-order valence-corrected chi connectivity index (χ0v) is 32.0. The number of benzene rings is 8. The Morgan fingerprint density at radius 3 is 1.28 bits per heavy atom. The SMILES string of the molecule is C1=CCCC(n2c3ccccc3c3cc(N(c4ccccc4)c4ccc(N(c5ccccc5)c5ccc6c(c5)c5ccccc5n6-c5ccccc5)cc4)ccc32)=C1. The molecule has 0 N–H and O–H groups in total. The molecular weight excluding hydrogens is 705 g/mol. The Morgan fingerprint density at radius 1 is 0.345 bits per heavy atom. The van der Waals surface area contributed by atoms with Crippen LogP contribution in [0.5, 0.6) is 0 Å². The van der Waals surface area contributed by atoms with Crippen LogP contribution in [0.4, 0.5) is 34.1 Å². The monoisotopic (exact) mass is 744 g/mol. The van der Waals surface area contributed by atoms with E-state index in [1.165, 1.54) is 49.3 Å². The molecule has 0 spiro atoms. The molecule has 8 aromatic carbocycles. The number of hydrogen-bond donors (Lipinski definition) is 0. The van der Waals surface area contributed by atoms with Gasteiger partial charge in [-0.15, -0.1) is 0 Å². The first kappa shape index (κ1) is 33.8. The van der Waals surface area contributed by atoms with Gasteiger partial charge in [0.05, 0.1) is 22.1 Å². The summed E-state index contributed by atoms with van der Waals surface area (Å²) in [6, 6.07) is 72.4. The quantitative estimate of drug-likeness (QED) is 0.154. The molecule has 4 heteroatoms. The van der Waals surface area contributed by atoms with Gasteiger partial charge in [0.15, 0.2) is 0 Å². The molecule has 0 aliphatic heterocycles. The maximum Gasteiger partial charge on any atom is 0.0542 e. The van der Waals surface area contributed by atoms with Gasteiger partial charge in [-0.05, 0) is 128 Å². The summed E-state index contributed by atoms with van der Waals surface area (Å²) in [4.78, 5) is 4.73. The Morgan fingerprint density at radius 2 is 0.759 bits per heavy atom. The Kier molecular flexibility index (Phi) is 8.25. The summed E-state index contributed by atoms with van der Waals surface area (Å²) in [7, 11) is 0. The Hall–Kier alpha value is -7.56. The number of anilines is 6. The summed E-state index contributed by atoms with van der Waals surface area (Å²) in [5.74, 6) is 0. The Balaban J connectivity index is 1.04. The number of allylic oxidation sites excluding steroid dienone is 4. The van der Waals surface area contributed by atoms with Crippen LogP contribution in [0.2, 0.25) is 0 Å². The number of rotatable bonds is 8. The van der Waals surface area contributed by atoms with Gasteiger partial charge in [-0.3, -0.25) is 0 Å². The first-order chi connectivity index (χ1) is 28.8. The second-order valence-corrected chi connectivity index (χ2v) is 14.9. The topological polar surface area (TPSA) is 16.3 Å². The van der Waals surface area contributed by atoms with Crippen LogP contribution in [-0.2, 0) is 0 Å². The molecule has 4 nitrogen and oxygen atoms in total. The van der Waals surface area contributed by atoms with Crippen LogP contribution in [0.3, 0.4) is 0 Å². The Labute approximate surface area is 338 Å². The number of para-hydroxylation sites is 5. The van der Waals surface area contributed by atoms with Gasteiger partial charge in [0.2, 0.25) is 0 Å². The molecule has 0 amide bonds. The Bertz CT molecular complexity index is 3150. The van der Waals surface area contributed by atoms with Gasteiger partial charge in [-0.25, -0.2) is 0 Å². The maximum absolute atomic E-state index is 2.45. The van der Waals surface area contributed by atoms with Gasteiger partial charge in [-0.2, -0.15) is 0 Å². The van der Waals surface area contributed by atoms with Crippen molar-refractivity contribution in [2.24, 2.45) is 0 Å². The van der Waals surface area contributed by atoms with E-state index in [4.69, 9.17) is 0 Å². The smallest absolute Gasteiger partial charge is 0.0542 e. The van der Waals surface area contributed by atoms with Crippen LogP contribution < -0.4 is 9.80 Å². The van der Waals surface area contributed by atoms with Gasteiger partial charge in [0.25, 0.3) is 0 Å². The van der Waals surface area contributed by atoms with Crippen LogP contribution in [0, 0.1) is 0 Å². The molecule has 11 rings (SSSR count). The van der Waals surface area contributed by atoms with E-state index in [1.807, 2.05) is 0 Å². The molecule has 0 unspecified atom stereocenters. The average molecular weight is 745 g/mol. The normalized spacial score (nSPS) is 12.7. The number of aromatic nitrogens is 2. The molecule has 58 heavy (non-hydrogen) atoms. The summed E-state index contributed by atoms with van der Waals surface area (Å²) in [6.45, 7) is 0. The number of nitrogens with zero attached hydrogens (tertiary/aromatic N) is 4. The third kappa shape index (κ3) is 5.69. The third-order valence-electron chi connectivity index (χ3n) is 11.5. The van der Waals surface area contributed by atoms with Crippen molar-refractivity contribution in [2.45, 2.75) is 12.8 Å². The molecule has 1 aliphatic carbocycles. The highest BCUT2D eigenvalue weighted by molar-refractivity contribution is 6.12. The first-order valence-electron chi connectivity index (χ1n) is 20.1. The van der Waals surface area contributed by atoms with E-state index in [1.54, 1.807) is 0 Å². The van der Waals surface area contributed by atoms with Crippen molar-refractivity contribution in [3.8, 4) is 5.69 Å². The number of hydrogen-bond acceptors (Lipinski definition) is 2. The zero-order valence-electron chi connectivity index (χ0n) is 32.0.